The molecular formula is C13H10Cl2OS. The first kappa shape index (κ1) is 12.8. The Morgan fingerprint density at radius 3 is 2.47 bits per heavy atom. The lowest BCUT2D eigenvalue weighted by Gasteiger charge is -2.08. The fraction of sp³-hybridized carbons (Fsp3) is 0.0769. The van der Waals surface area contributed by atoms with Crippen molar-refractivity contribution in [3.8, 4) is 0 Å². The van der Waals surface area contributed by atoms with Crippen molar-refractivity contribution in [2.45, 2.75) is 16.4 Å². The summed E-state index contributed by atoms with van der Waals surface area (Å²) in [7, 11) is 0. The first-order valence-electron chi connectivity index (χ1n) is 5.02. The van der Waals surface area contributed by atoms with Gasteiger partial charge in [-0.2, -0.15) is 0 Å². The third-order valence-corrected chi connectivity index (χ3v) is 4.11. The van der Waals surface area contributed by atoms with Crippen molar-refractivity contribution in [3.05, 3.63) is 58.1 Å². The lowest BCUT2D eigenvalue weighted by atomic mass is 10.2. The highest BCUT2D eigenvalue weighted by Crippen LogP contribution is 2.36. The van der Waals surface area contributed by atoms with Gasteiger partial charge in [0.1, 0.15) is 0 Å². The molecule has 0 amide bonds. The first-order valence-corrected chi connectivity index (χ1v) is 6.59. The van der Waals surface area contributed by atoms with Gasteiger partial charge in [0.15, 0.2) is 0 Å². The van der Waals surface area contributed by atoms with Gasteiger partial charge >= 0.3 is 0 Å². The average Bonchev–Trinajstić information content (AvgIpc) is 2.32. The van der Waals surface area contributed by atoms with Gasteiger partial charge in [0.25, 0.3) is 0 Å². The van der Waals surface area contributed by atoms with Crippen LogP contribution in [0.4, 0.5) is 0 Å². The van der Waals surface area contributed by atoms with Crippen molar-refractivity contribution in [1.82, 2.24) is 0 Å². The quantitative estimate of drug-likeness (QED) is 0.886. The third kappa shape index (κ3) is 3.17. The van der Waals surface area contributed by atoms with Crippen molar-refractivity contribution in [2.75, 3.05) is 0 Å². The van der Waals surface area contributed by atoms with E-state index in [-0.39, 0.29) is 6.61 Å². The van der Waals surface area contributed by atoms with Gasteiger partial charge in [-0.1, -0.05) is 53.2 Å². The van der Waals surface area contributed by atoms with E-state index in [0.717, 1.165) is 15.4 Å². The van der Waals surface area contributed by atoms with E-state index in [1.54, 1.807) is 6.07 Å². The van der Waals surface area contributed by atoms with Crippen LogP contribution in [-0.4, -0.2) is 5.11 Å². The molecule has 1 nitrogen and oxygen atoms in total. The molecule has 1 N–H and O–H groups in total. The summed E-state index contributed by atoms with van der Waals surface area (Å²) in [5, 5.41) is 10.6. The predicted octanol–water partition coefficient (Wildman–Crippen LogP) is 4.64. The van der Waals surface area contributed by atoms with Gasteiger partial charge in [-0.15, -0.1) is 0 Å². The van der Waals surface area contributed by atoms with Crippen LogP contribution in [0, 0.1) is 0 Å². The Bertz CT molecular complexity index is 529. The summed E-state index contributed by atoms with van der Waals surface area (Å²) in [5.74, 6) is 0. The minimum atomic E-state index is -0.00997. The number of benzene rings is 2. The van der Waals surface area contributed by atoms with Crippen LogP contribution < -0.4 is 0 Å². The standard InChI is InChI=1S/C13H10Cl2OS/c14-10-6-5-9(8-16)13(7-10)17-12-4-2-1-3-11(12)15/h1-7,16H,8H2. The fourth-order valence-corrected chi connectivity index (χ4v) is 2.89. The van der Waals surface area contributed by atoms with Gasteiger partial charge in [-0.3, -0.25) is 0 Å². The molecule has 0 spiro atoms. The molecule has 0 heterocycles. The molecule has 0 aromatic heterocycles. The second kappa shape index (κ2) is 5.78. The van der Waals surface area contributed by atoms with Crippen molar-refractivity contribution < 1.29 is 5.11 Å². The van der Waals surface area contributed by atoms with E-state index in [1.807, 2.05) is 36.4 Å². The summed E-state index contributed by atoms with van der Waals surface area (Å²) in [6, 6.07) is 13.0. The van der Waals surface area contributed by atoms with Crippen LogP contribution in [0.1, 0.15) is 5.56 Å². The summed E-state index contributed by atoms with van der Waals surface area (Å²) in [5.41, 5.74) is 0.847. The lowest BCUT2D eigenvalue weighted by molar-refractivity contribution is 0.279. The van der Waals surface area contributed by atoms with Crippen molar-refractivity contribution >= 4 is 35.0 Å². The van der Waals surface area contributed by atoms with Crippen LogP contribution in [0.5, 0.6) is 0 Å². The summed E-state index contributed by atoms with van der Waals surface area (Å²) < 4.78 is 0. The van der Waals surface area contributed by atoms with E-state index in [4.69, 9.17) is 23.2 Å². The smallest absolute Gasteiger partial charge is 0.0692 e. The van der Waals surface area contributed by atoms with E-state index in [0.29, 0.717) is 10.0 Å². The number of aliphatic hydroxyl groups excluding tert-OH is 1. The molecule has 2 aromatic carbocycles. The van der Waals surface area contributed by atoms with E-state index < -0.39 is 0 Å². The molecule has 0 aliphatic carbocycles. The van der Waals surface area contributed by atoms with Crippen LogP contribution in [-0.2, 0) is 6.61 Å². The third-order valence-electron chi connectivity index (χ3n) is 2.26. The van der Waals surface area contributed by atoms with Crippen LogP contribution in [0.2, 0.25) is 10.0 Å². The molecule has 0 atom stereocenters. The Hall–Kier alpha value is -0.670. The van der Waals surface area contributed by atoms with Gasteiger partial charge in [0, 0.05) is 14.8 Å². The van der Waals surface area contributed by atoms with Crippen molar-refractivity contribution in [2.24, 2.45) is 0 Å². The summed E-state index contributed by atoms with van der Waals surface area (Å²) in [4.78, 5) is 1.87. The van der Waals surface area contributed by atoms with Gasteiger partial charge in [0.05, 0.1) is 11.6 Å². The molecule has 0 radical (unpaired) electrons. The van der Waals surface area contributed by atoms with E-state index in [1.165, 1.54) is 11.8 Å². The van der Waals surface area contributed by atoms with Gasteiger partial charge in [-0.25, -0.2) is 0 Å². The van der Waals surface area contributed by atoms with Crippen LogP contribution in [0.15, 0.2) is 52.3 Å². The largest absolute Gasteiger partial charge is 0.392 e. The molecular weight excluding hydrogens is 275 g/mol. The summed E-state index contributed by atoms with van der Waals surface area (Å²) >= 11 is 13.5. The van der Waals surface area contributed by atoms with Crippen LogP contribution in [0.25, 0.3) is 0 Å². The number of rotatable bonds is 3. The highest BCUT2D eigenvalue weighted by atomic mass is 35.5. The average molecular weight is 285 g/mol. The second-order valence-corrected chi connectivity index (χ2v) is 5.37. The Labute approximate surface area is 114 Å². The molecule has 0 saturated heterocycles. The maximum atomic E-state index is 9.27. The normalized spacial score (nSPS) is 10.5. The van der Waals surface area contributed by atoms with Gasteiger partial charge in [-0.05, 0) is 29.8 Å². The Morgan fingerprint density at radius 2 is 1.76 bits per heavy atom. The number of hydrogen-bond acceptors (Lipinski definition) is 2. The highest BCUT2D eigenvalue weighted by molar-refractivity contribution is 7.99. The summed E-state index contributed by atoms with van der Waals surface area (Å²) in [6.45, 7) is -0.00997. The SMILES string of the molecule is OCc1ccc(Cl)cc1Sc1ccccc1Cl. The maximum Gasteiger partial charge on any atom is 0.0692 e. The van der Waals surface area contributed by atoms with Crippen LogP contribution >= 0.6 is 35.0 Å². The molecule has 0 fully saturated rings. The van der Waals surface area contributed by atoms with Crippen molar-refractivity contribution in [1.29, 1.82) is 0 Å². The first-order chi connectivity index (χ1) is 8.20. The Kier molecular flexibility index (Phi) is 4.35. The predicted molar refractivity (Wildman–Crippen MR) is 72.9 cm³/mol. The molecule has 4 heteroatoms. The lowest BCUT2D eigenvalue weighted by Crippen LogP contribution is -1.87. The minimum absolute atomic E-state index is 0.00997. The molecule has 17 heavy (non-hydrogen) atoms. The zero-order valence-corrected chi connectivity index (χ0v) is 11.2. The Balaban J connectivity index is 2.35. The molecule has 0 bridgehead atoms. The monoisotopic (exact) mass is 284 g/mol. The van der Waals surface area contributed by atoms with E-state index >= 15 is 0 Å². The number of aliphatic hydroxyl groups is 1. The molecule has 0 aliphatic rings. The zero-order chi connectivity index (χ0) is 12.3. The number of hydrogen-bond donors (Lipinski definition) is 1. The minimum Gasteiger partial charge on any atom is -0.392 e. The summed E-state index contributed by atoms with van der Waals surface area (Å²) in [6.07, 6.45) is 0. The molecule has 2 aromatic rings. The van der Waals surface area contributed by atoms with Crippen LogP contribution in [0.3, 0.4) is 0 Å². The number of halogens is 2. The van der Waals surface area contributed by atoms with E-state index in [9.17, 15) is 5.11 Å². The zero-order valence-electron chi connectivity index (χ0n) is 8.86. The molecule has 0 aliphatic heterocycles. The van der Waals surface area contributed by atoms with Crippen molar-refractivity contribution in [3.63, 3.8) is 0 Å². The molecule has 0 unspecified atom stereocenters. The van der Waals surface area contributed by atoms with Gasteiger partial charge < -0.3 is 5.11 Å². The molecule has 88 valence electrons. The highest BCUT2D eigenvalue weighted by Gasteiger charge is 2.07. The Morgan fingerprint density at radius 1 is 1.00 bits per heavy atom. The molecule has 2 rings (SSSR count). The molecule has 0 saturated carbocycles. The topological polar surface area (TPSA) is 20.2 Å². The fourth-order valence-electron chi connectivity index (χ4n) is 1.40. The second-order valence-electron chi connectivity index (χ2n) is 3.44. The maximum absolute atomic E-state index is 9.27. The van der Waals surface area contributed by atoms with Gasteiger partial charge in [0.2, 0.25) is 0 Å². The van der Waals surface area contributed by atoms with E-state index in [2.05, 4.69) is 0 Å².